The van der Waals surface area contributed by atoms with Gasteiger partial charge in [-0.2, -0.15) is 0 Å². The van der Waals surface area contributed by atoms with Crippen LogP contribution in [-0.2, 0) is 0 Å². The highest BCUT2D eigenvalue weighted by atomic mass is 16.4. The first-order valence-corrected chi connectivity index (χ1v) is 6.85. The number of hydrogen-bond acceptors (Lipinski definition) is 3. The van der Waals surface area contributed by atoms with Crippen LogP contribution in [0.15, 0.2) is 29.4 Å². The number of carbonyl (C=O) groups is 1. The molecule has 0 aliphatic rings. The third-order valence-electron chi connectivity index (χ3n) is 3.09. The molecular formula is C15H23N3O2. The van der Waals surface area contributed by atoms with Crippen LogP contribution in [0, 0.1) is 0 Å². The van der Waals surface area contributed by atoms with E-state index in [9.17, 15) is 4.79 Å². The van der Waals surface area contributed by atoms with Gasteiger partial charge < -0.3 is 15.8 Å². The van der Waals surface area contributed by atoms with Gasteiger partial charge in [-0.05, 0) is 30.0 Å². The summed E-state index contributed by atoms with van der Waals surface area (Å²) in [6.07, 6.45) is 0.814. The number of amides is 1. The molecule has 1 aromatic rings. The number of rotatable bonds is 6. The van der Waals surface area contributed by atoms with Crippen LogP contribution in [-0.4, -0.2) is 34.9 Å². The lowest BCUT2D eigenvalue weighted by Crippen LogP contribution is -2.39. The minimum atomic E-state index is -0.103. The summed E-state index contributed by atoms with van der Waals surface area (Å²) in [5, 5.41) is 11.6. The lowest BCUT2D eigenvalue weighted by Gasteiger charge is -2.21. The van der Waals surface area contributed by atoms with Crippen LogP contribution < -0.4 is 5.73 Å². The molecule has 20 heavy (non-hydrogen) atoms. The normalized spacial score (nSPS) is 11.7. The monoisotopic (exact) mass is 277 g/mol. The van der Waals surface area contributed by atoms with Crippen molar-refractivity contribution in [3.05, 3.63) is 35.4 Å². The first kappa shape index (κ1) is 16.0. The molecule has 1 amide bonds. The van der Waals surface area contributed by atoms with E-state index in [2.05, 4.69) is 19.0 Å². The quantitative estimate of drug-likeness (QED) is 0.363. The van der Waals surface area contributed by atoms with Gasteiger partial charge >= 0.3 is 0 Å². The molecule has 0 bridgehead atoms. The molecule has 0 heterocycles. The highest BCUT2D eigenvalue weighted by molar-refractivity contribution is 5.97. The molecule has 5 heteroatoms. The standard InChI is InChI=1S/C15H23N3O2/c1-4-9-18(10-14(16)17-20)15(19)13-7-5-12(6-8-13)11(2)3/h5-8,11,20H,4,9-10H2,1-3H3,(H2,16,17). The minimum absolute atomic E-state index is 0.0330. The third-order valence-corrected chi connectivity index (χ3v) is 3.09. The van der Waals surface area contributed by atoms with Crippen molar-refractivity contribution in [3.8, 4) is 0 Å². The van der Waals surface area contributed by atoms with Gasteiger partial charge in [-0.3, -0.25) is 4.79 Å². The maximum atomic E-state index is 12.4. The van der Waals surface area contributed by atoms with E-state index in [1.165, 1.54) is 5.56 Å². The average molecular weight is 277 g/mol. The second-order valence-electron chi connectivity index (χ2n) is 5.09. The van der Waals surface area contributed by atoms with Crippen LogP contribution in [0.2, 0.25) is 0 Å². The van der Waals surface area contributed by atoms with Gasteiger partial charge in [0.25, 0.3) is 5.91 Å². The molecule has 0 aromatic heterocycles. The van der Waals surface area contributed by atoms with E-state index in [1.807, 2.05) is 31.2 Å². The second kappa shape index (κ2) is 7.53. The van der Waals surface area contributed by atoms with Crippen molar-refractivity contribution in [2.75, 3.05) is 13.1 Å². The third kappa shape index (κ3) is 4.26. The fourth-order valence-corrected chi connectivity index (χ4v) is 1.94. The Kier molecular flexibility index (Phi) is 6.03. The molecule has 0 fully saturated rings. The van der Waals surface area contributed by atoms with Gasteiger partial charge in [0.2, 0.25) is 0 Å². The molecule has 0 aliphatic carbocycles. The molecule has 0 unspecified atom stereocenters. The number of oxime groups is 1. The number of carbonyl (C=O) groups excluding carboxylic acids is 1. The van der Waals surface area contributed by atoms with Crippen LogP contribution in [0.5, 0.6) is 0 Å². The van der Waals surface area contributed by atoms with Crippen molar-refractivity contribution in [1.29, 1.82) is 0 Å². The second-order valence-corrected chi connectivity index (χ2v) is 5.09. The topological polar surface area (TPSA) is 78.9 Å². The van der Waals surface area contributed by atoms with Crippen molar-refractivity contribution in [3.63, 3.8) is 0 Å². The largest absolute Gasteiger partial charge is 0.409 e. The summed E-state index contributed by atoms with van der Waals surface area (Å²) in [6, 6.07) is 7.58. The van der Waals surface area contributed by atoms with E-state index < -0.39 is 0 Å². The summed E-state index contributed by atoms with van der Waals surface area (Å²) in [6.45, 7) is 6.90. The number of benzene rings is 1. The predicted molar refractivity (Wildman–Crippen MR) is 80.1 cm³/mol. The fraction of sp³-hybridized carbons (Fsp3) is 0.467. The molecule has 110 valence electrons. The maximum absolute atomic E-state index is 12.4. The Bertz CT molecular complexity index is 467. The maximum Gasteiger partial charge on any atom is 0.254 e. The Labute approximate surface area is 120 Å². The first-order valence-electron chi connectivity index (χ1n) is 6.85. The summed E-state index contributed by atoms with van der Waals surface area (Å²) in [5.41, 5.74) is 7.30. The van der Waals surface area contributed by atoms with Gasteiger partial charge in [-0.25, -0.2) is 0 Å². The molecular weight excluding hydrogens is 254 g/mol. The number of amidine groups is 1. The Balaban J connectivity index is 2.88. The zero-order valence-electron chi connectivity index (χ0n) is 12.3. The SMILES string of the molecule is CCCN(CC(N)=NO)C(=O)c1ccc(C(C)C)cc1. The summed E-state index contributed by atoms with van der Waals surface area (Å²) in [5.74, 6) is 0.363. The van der Waals surface area contributed by atoms with Gasteiger partial charge in [-0.15, -0.1) is 0 Å². The minimum Gasteiger partial charge on any atom is -0.409 e. The number of hydrogen-bond donors (Lipinski definition) is 2. The van der Waals surface area contributed by atoms with Crippen LogP contribution in [0.1, 0.15) is 49.0 Å². The number of nitrogens with zero attached hydrogens (tertiary/aromatic N) is 2. The van der Waals surface area contributed by atoms with Crippen LogP contribution >= 0.6 is 0 Å². The van der Waals surface area contributed by atoms with E-state index in [4.69, 9.17) is 10.9 Å². The highest BCUT2D eigenvalue weighted by Gasteiger charge is 2.16. The molecule has 0 saturated carbocycles. The van der Waals surface area contributed by atoms with E-state index in [0.29, 0.717) is 18.0 Å². The van der Waals surface area contributed by atoms with Gasteiger partial charge in [0.1, 0.15) is 0 Å². The number of nitrogens with two attached hydrogens (primary N) is 1. The van der Waals surface area contributed by atoms with Crippen molar-refractivity contribution >= 4 is 11.7 Å². The summed E-state index contributed by atoms with van der Waals surface area (Å²) < 4.78 is 0. The predicted octanol–water partition coefficient (Wildman–Crippen LogP) is 2.41. The molecule has 0 aliphatic heterocycles. The summed E-state index contributed by atoms with van der Waals surface area (Å²) in [7, 11) is 0. The zero-order valence-corrected chi connectivity index (χ0v) is 12.3. The molecule has 0 atom stereocenters. The molecule has 0 spiro atoms. The Morgan fingerprint density at radius 3 is 2.40 bits per heavy atom. The highest BCUT2D eigenvalue weighted by Crippen LogP contribution is 2.15. The molecule has 1 rings (SSSR count). The van der Waals surface area contributed by atoms with Crippen molar-refractivity contribution in [2.45, 2.75) is 33.1 Å². The molecule has 5 nitrogen and oxygen atoms in total. The van der Waals surface area contributed by atoms with Gasteiger partial charge in [-0.1, -0.05) is 38.1 Å². The smallest absolute Gasteiger partial charge is 0.254 e. The Morgan fingerprint density at radius 1 is 1.35 bits per heavy atom. The van der Waals surface area contributed by atoms with E-state index >= 15 is 0 Å². The lowest BCUT2D eigenvalue weighted by atomic mass is 10.0. The van der Waals surface area contributed by atoms with Crippen molar-refractivity contribution in [1.82, 2.24) is 4.90 Å². The molecule has 0 saturated heterocycles. The van der Waals surface area contributed by atoms with Gasteiger partial charge in [0.05, 0.1) is 6.54 Å². The Hall–Kier alpha value is -2.04. The molecule has 3 N–H and O–H groups in total. The molecule has 1 aromatic carbocycles. The summed E-state index contributed by atoms with van der Waals surface area (Å²) in [4.78, 5) is 14.0. The van der Waals surface area contributed by atoms with E-state index in [0.717, 1.165) is 6.42 Å². The average Bonchev–Trinajstić information content (AvgIpc) is 2.46. The van der Waals surface area contributed by atoms with Crippen LogP contribution in [0.4, 0.5) is 0 Å². The van der Waals surface area contributed by atoms with Crippen LogP contribution in [0.3, 0.4) is 0 Å². The van der Waals surface area contributed by atoms with Crippen molar-refractivity contribution < 1.29 is 10.0 Å². The fourth-order valence-electron chi connectivity index (χ4n) is 1.94. The van der Waals surface area contributed by atoms with Gasteiger partial charge in [0.15, 0.2) is 5.84 Å². The van der Waals surface area contributed by atoms with Gasteiger partial charge in [0, 0.05) is 12.1 Å². The first-order chi connectivity index (χ1) is 9.49. The van der Waals surface area contributed by atoms with E-state index in [1.54, 1.807) is 4.90 Å². The summed E-state index contributed by atoms with van der Waals surface area (Å²) >= 11 is 0. The van der Waals surface area contributed by atoms with E-state index in [-0.39, 0.29) is 18.3 Å². The van der Waals surface area contributed by atoms with Crippen molar-refractivity contribution in [2.24, 2.45) is 10.9 Å². The van der Waals surface area contributed by atoms with Crippen LogP contribution in [0.25, 0.3) is 0 Å². The molecule has 0 radical (unpaired) electrons. The lowest BCUT2D eigenvalue weighted by molar-refractivity contribution is 0.0778. The zero-order chi connectivity index (χ0) is 15.1. The Morgan fingerprint density at radius 2 is 1.95 bits per heavy atom.